The molecule has 0 N–H and O–H groups in total. The highest BCUT2D eigenvalue weighted by Gasteiger charge is 2.25. The van der Waals surface area contributed by atoms with Crippen LogP contribution in [0.5, 0.6) is 17.2 Å². The van der Waals surface area contributed by atoms with E-state index in [0.29, 0.717) is 28.1 Å². The lowest BCUT2D eigenvalue weighted by Gasteiger charge is -2.20. The summed E-state index contributed by atoms with van der Waals surface area (Å²) in [5.41, 5.74) is 1.63. The summed E-state index contributed by atoms with van der Waals surface area (Å²) in [7, 11) is 0. The SMILES string of the molecule is O=C(Oc1ccc2c(c1)OCO2)c1oc2ccccc2c1CSC1CCCCC1. The molecule has 0 amide bonds. The van der Waals surface area contributed by atoms with Crippen molar-refractivity contribution in [3.05, 3.63) is 53.8 Å². The highest BCUT2D eigenvalue weighted by Crippen LogP contribution is 2.37. The molecule has 2 aliphatic rings. The topological polar surface area (TPSA) is 57.9 Å². The number of para-hydroxylation sites is 1. The molecular weight excluding hydrogens is 388 g/mol. The highest BCUT2D eigenvalue weighted by atomic mass is 32.2. The first-order chi connectivity index (χ1) is 14.3. The van der Waals surface area contributed by atoms with E-state index in [0.717, 1.165) is 16.7 Å². The average Bonchev–Trinajstić information content (AvgIpc) is 3.37. The van der Waals surface area contributed by atoms with E-state index >= 15 is 0 Å². The molecule has 5 rings (SSSR count). The monoisotopic (exact) mass is 410 g/mol. The largest absolute Gasteiger partial charge is 0.454 e. The minimum Gasteiger partial charge on any atom is -0.454 e. The summed E-state index contributed by atoms with van der Waals surface area (Å²) in [6, 6.07) is 12.9. The molecule has 29 heavy (non-hydrogen) atoms. The number of ether oxygens (including phenoxy) is 3. The van der Waals surface area contributed by atoms with E-state index in [-0.39, 0.29) is 12.6 Å². The van der Waals surface area contributed by atoms with Crippen molar-refractivity contribution in [2.24, 2.45) is 0 Å². The zero-order chi connectivity index (χ0) is 19.6. The molecule has 5 nitrogen and oxygen atoms in total. The van der Waals surface area contributed by atoms with Gasteiger partial charge in [0.2, 0.25) is 12.6 Å². The third-order valence-corrected chi connectivity index (χ3v) is 6.85. The zero-order valence-corrected chi connectivity index (χ0v) is 16.8. The van der Waals surface area contributed by atoms with E-state index in [9.17, 15) is 4.79 Å². The lowest BCUT2D eigenvalue weighted by Crippen LogP contribution is -2.11. The van der Waals surface area contributed by atoms with Crippen LogP contribution in [0.1, 0.15) is 48.2 Å². The van der Waals surface area contributed by atoms with Crippen LogP contribution in [0.25, 0.3) is 11.0 Å². The van der Waals surface area contributed by atoms with Gasteiger partial charge in [0.25, 0.3) is 0 Å². The number of benzene rings is 2. The summed E-state index contributed by atoms with van der Waals surface area (Å²) in [6.45, 7) is 0.179. The maximum Gasteiger partial charge on any atom is 0.379 e. The maximum absolute atomic E-state index is 13.0. The molecule has 3 aromatic rings. The Hall–Kier alpha value is -2.60. The highest BCUT2D eigenvalue weighted by molar-refractivity contribution is 7.99. The first kappa shape index (κ1) is 18.4. The molecule has 1 fully saturated rings. The van der Waals surface area contributed by atoms with Crippen molar-refractivity contribution in [1.82, 2.24) is 0 Å². The van der Waals surface area contributed by atoms with Crippen LogP contribution in [0.15, 0.2) is 46.9 Å². The number of rotatable bonds is 5. The molecule has 0 saturated heterocycles. The minimum absolute atomic E-state index is 0.179. The molecule has 0 unspecified atom stereocenters. The Morgan fingerprint density at radius 2 is 1.86 bits per heavy atom. The van der Waals surface area contributed by atoms with E-state index in [1.165, 1.54) is 32.1 Å². The van der Waals surface area contributed by atoms with Gasteiger partial charge in [-0.3, -0.25) is 0 Å². The number of esters is 1. The number of carbonyl (C=O) groups is 1. The summed E-state index contributed by atoms with van der Waals surface area (Å²) in [5.74, 6) is 2.18. The molecule has 2 aromatic carbocycles. The number of thioether (sulfide) groups is 1. The standard InChI is InChI=1S/C23H22O5S/c24-23(27-15-10-11-20-21(12-15)26-14-25-20)22-18(13-29-16-6-2-1-3-7-16)17-8-4-5-9-19(17)28-22/h4-5,8-12,16H,1-3,6-7,13-14H2. The van der Waals surface area contributed by atoms with Crippen LogP contribution in [0.2, 0.25) is 0 Å². The Morgan fingerprint density at radius 1 is 1.03 bits per heavy atom. The predicted octanol–water partition coefficient (Wildman–Crippen LogP) is 5.95. The van der Waals surface area contributed by atoms with Crippen molar-refractivity contribution in [3.8, 4) is 17.2 Å². The second-order valence-corrected chi connectivity index (χ2v) is 8.67. The van der Waals surface area contributed by atoms with Gasteiger partial charge in [0.15, 0.2) is 11.5 Å². The van der Waals surface area contributed by atoms with Crippen LogP contribution in [-0.4, -0.2) is 18.0 Å². The molecule has 0 radical (unpaired) electrons. The Bertz CT molecular complexity index is 1030. The van der Waals surface area contributed by atoms with Crippen molar-refractivity contribution in [2.45, 2.75) is 43.1 Å². The first-order valence-corrected chi connectivity index (χ1v) is 11.1. The van der Waals surface area contributed by atoms with E-state index in [1.54, 1.807) is 18.2 Å². The van der Waals surface area contributed by atoms with Gasteiger partial charge < -0.3 is 18.6 Å². The molecule has 2 heterocycles. The van der Waals surface area contributed by atoms with Crippen molar-refractivity contribution in [2.75, 3.05) is 6.79 Å². The third kappa shape index (κ3) is 3.81. The molecular formula is C23H22O5S. The van der Waals surface area contributed by atoms with Crippen LogP contribution in [0.4, 0.5) is 0 Å². The van der Waals surface area contributed by atoms with Crippen molar-refractivity contribution in [1.29, 1.82) is 0 Å². The molecule has 0 atom stereocenters. The Kier molecular flexibility index (Phi) is 5.10. The average molecular weight is 410 g/mol. The molecule has 1 aliphatic heterocycles. The van der Waals surface area contributed by atoms with Crippen LogP contribution in [0.3, 0.4) is 0 Å². The van der Waals surface area contributed by atoms with Gasteiger partial charge in [0, 0.05) is 28.0 Å². The minimum atomic E-state index is -0.487. The number of fused-ring (bicyclic) bond motifs is 2. The van der Waals surface area contributed by atoms with Gasteiger partial charge in [0.1, 0.15) is 11.3 Å². The van der Waals surface area contributed by atoms with Crippen LogP contribution in [-0.2, 0) is 5.75 Å². The van der Waals surface area contributed by atoms with E-state index in [4.69, 9.17) is 18.6 Å². The van der Waals surface area contributed by atoms with Gasteiger partial charge in [-0.15, -0.1) is 0 Å². The predicted molar refractivity (Wildman–Crippen MR) is 112 cm³/mol. The Labute approximate surface area is 173 Å². The Morgan fingerprint density at radius 3 is 2.76 bits per heavy atom. The van der Waals surface area contributed by atoms with Crippen molar-refractivity contribution < 1.29 is 23.4 Å². The number of hydrogen-bond donors (Lipinski definition) is 0. The Balaban J connectivity index is 1.40. The van der Waals surface area contributed by atoms with Gasteiger partial charge in [-0.05, 0) is 31.0 Å². The quantitative estimate of drug-likeness (QED) is 0.383. The van der Waals surface area contributed by atoms with Gasteiger partial charge in [-0.25, -0.2) is 4.79 Å². The van der Waals surface area contributed by atoms with Crippen LogP contribution >= 0.6 is 11.8 Å². The maximum atomic E-state index is 13.0. The van der Waals surface area contributed by atoms with Gasteiger partial charge in [-0.1, -0.05) is 37.5 Å². The second kappa shape index (κ2) is 8.03. The fourth-order valence-corrected chi connectivity index (χ4v) is 5.29. The number of hydrogen-bond acceptors (Lipinski definition) is 6. The van der Waals surface area contributed by atoms with Gasteiger partial charge in [-0.2, -0.15) is 11.8 Å². The second-order valence-electron chi connectivity index (χ2n) is 7.38. The molecule has 0 bridgehead atoms. The van der Waals surface area contributed by atoms with Gasteiger partial charge >= 0.3 is 5.97 Å². The summed E-state index contributed by atoms with van der Waals surface area (Å²) < 4.78 is 22.2. The van der Waals surface area contributed by atoms with Crippen molar-refractivity contribution >= 4 is 28.7 Å². The van der Waals surface area contributed by atoms with Gasteiger partial charge in [0.05, 0.1) is 0 Å². The van der Waals surface area contributed by atoms with E-state index < -0.39 is 5.97 Å². The van der Waals surface area contributed by atoms with Crippen LogP contribution < -0.4 is 14.2 Å². The zero-order valence-electron chi connectivity index (χ0n) is 16.0. The smallest absolute Gasteiger partial charge is 0.379 e. The molecule has 150 valence electrons. The third-order valence-electron chi connectivity index (χ3n) is 5.45. The normalized spacial score (nSPS) is 16.3. The summed E-state index contributed by atoms with van der Waals surface area (Å²) >= 11 is 1.92. The lowest BCUT2D eigenvalue weighted by atomic mass is 10.0. The van der Waals surface area contributed by atoms with Crippen molar-refractivity contribution in [3.63, 3.8) is 0 Å². The summed E-state index contributed by atoms with van der Waals surface area (Å²) in [4.78, 5) is 13.0. The fraction of sp³-hybridized carbons (Fsp3) is 0.348. The summed E-state index contributed by atoms with van der Waals surface area (Å²) in [5, 5.41) is 1.63. The molecule has 1 aliphatic carbocycles. The summed E-state index contributed by atoms with van der Waals surface area (Å²) in [6.07, 6.45) is 6.42. The molecule has 1 aromatic heterocycles. The fourth-order valence-electron chi connectivity index (χ4n) is 3.93. The number of carbonyl (C=O) groups excluding carboxylic acids is 1. The number of furan rings is 1. The molecule has 1 saturated carbocycles. The molecule has 6 heteroatoms. The lowest BCUT2D eigenvalue weighted by molar-refractivity contribution is 0.0702. The van der Waals surface area contributed by atoms with E-state index in [1.807, 2.05) is 36.0 Å². The van der Waals surface area contributed by atoms with E-state index in [2.05, 4.69) is 0 Å². The first-order valence-electron chi connectivity index (χ1n) is 10.0. The van der Waals surface area contributed by atoms with Crippen LogP contribution in [0, 0.1) is 0 Å². The molecule has 0 spiro atoms.